The number of amides is 2. The molecular weight excluding hydrogens is 368 g/mol. The SMILES string of the molecule is CC(=O)NC(C(=O)Nc1ccc(Nc2nc(N)nc(N)n2)cc1)C(C)(C)S. The van der Waals surface area contributed by atoms with E-state index in [2.05, 4.69) is 43.5 Å². The molecule has 0 spiro atoms. The van der Waals surface area contributed by atoms with Crippen LogP contribution in [0.5, 0.6) is 0 Å². The van der Waals surface area contributed by atoms with E-state index in [0.29, 0.717) is 11.4 Å². The fourth-order valence-electron chi connectivity index (χ4n) is 2.21. The highest BCUT2D eigenvalue weighted by Gasteiger charge is 2.33. The van der Waals surface area contributed by atoms with Crippen LogP contribution in [0.2, 0.25) is 0 Å². The second kappa shape index (κ2) is 8.08. The van der Waals surface area contributed by atoms with Crippen molar-refractivity contribution in [3.05, 3.63) is 24.3 Å². The summed E-state index contributed by atoms with van der Waals surface area (Å²) >= 11 is 4.39. The van der Waals surface area contributed by atoms with Gasteiger partial charge in [0.05, 0.1) is 0 Å². The Morgan fingerprint density at radius 2 is 1.56 bits per heavy atom. The molecule has 1 aromatic carbocycles. The molecule has 0 aliphatic heterocycles. The van der Waals surface area contributed by atoms with Crippen LogP contribution < -0.4 is 27.4 Å². The molecule has 10 nitrogen and oxygen atoms in total. The highest BCUT2D eigenvalue weighted by atomic mass is 32.1. The largest absolute Gasteiger partial charge is 0.368 e. The van der Waals surface area contributed by atoms with Crippen molar-refractivity contribution in [1.29, 1.82) is 0 Å². The summed E-state index contributed by atoms with van der Waals surface area (Å²) in [4.78, 5) is 35.4. The van der Waals surface area contributed by atoms with Crippen LogP contribution in [0.3, 0.4) is 0 Å². The lowest BCUT2D eigenvalue weighted by Gasteiger charge is -2.29. The third kappa shape index (κ3) is 5.99. The topological polar surface area (TPSA) is 161 Å². The summed E-state index contributed by atoms with van der Waals surface area (Å²) in [5, 5.41) is 8.30. The Hall–Kier alpha value is -3.08. The number of carbonyl (C=O) groups is 2. The lowest BCUT2D eigenvalue weighted by Crippen LogP contribution is -2.53. The third-order valence-electron chi connectivity index (χ3n) is 3.39. The molecule has 0 bridgehead atoms. The van der Waals surface area contributed by atoms with Crippen LogP contribution in [0.15, 0.2) is 24.3 Å². The number of nitrogens with zero attached hydrogens (tertiary/aromatic N) is 3. The maximum absolute atomic E-state index is 12.5. The molecule has 11 heteroatoms. The molecule has 0 saturated heterocycles. The number of rotatable bonds is 6. The summed E-state index contributed by atoms with van der Waals surface area (Å²) in [7, 11) is 0. The van der Waals surface area contributed by atoms with Gasteiger partial charge in [-0.3, -0.25) is 9.59 Å². The molecule has 27 heavy (non-hydrogen) atoms. The van der Waals surface area contributed by atoms with Gasteiger partial charge in [0.1, 0.15) is 6.04 Å². The summed E-state index contributed by atoms with van der Waals surface area (Å²) in [6.07, 6.45) is 0. The zero-order valence-electron chi connectivity index (χ0n) is 15.1. The third-order valence-corrected chi connectivity index (χ3v) is 3.65. The van der Waals surface area contributed by atoms with Crippen LogP contribution in [0.1, 0.15) is 20.8 Å². The normalized spacial score (nSPS) is 12.1. The molecule has 144 valence electrons. The van der Waals surface area contributed by atoms with Gasteiger partial charge >= 0.3 is 0 Å². The van der Waals surface area contributed by atoms with Gasteiger partial charge in [0.15, 0.2) is 0 Å². The van der Waals surface area contributed by atoms with E-state index in [4.69, 9.17) is 11.5 Å². The molecule has 7 N–H and O–H groups in total. The Bertz CT molecular complexity index is 815. The van der Waals surface area contributed by atoms with Crippen LogP contribution in [-0.4, -0.2) is 37.6 Å². The molecule has 1 atom stereocenters. The summed E-state index contributed by atoms with van der Waals surface area (Å²) in [6.45, 7) is 4.84. The maximum Gasteiger partial charge on any atom is 0.248 e. The monoisotopic (exact) mass is 390 g/mol. The average Bonchev–Trinajstić information content (AvgIpc) is 2.52. The van der Waals surface area contributed by atoms with Gasteiger partial charge in [-0.2, -0.15) is 27.6 Å². The molecule has 0 aliphatic carbocycles. The average molecular weight is 390 g/mol. The first-order valence-electron chi connectivity index (χ1n) is 7.99. The Morgan fingerprint density at radius 3 is 2.04 bits per heavy atom. The van der Waals surface area contributed by atoms with Gasteiger partial charge in [0, 0.05) is 23.0 Å². The van der Waals surface area contributed by atoms with Crippen molar-refractivity contribution >= 4 is 53.7 Å². The lowest BCUT2D eigenvalue weighted by molar-refractivity contribution is -0.125. The van der Waals surface area contributed by atoms with E-state index < -0.39 is 10.8 Å². The number of carbonyl (C=O) groups excluding carboxylic acids is 2. The molecule has 2 aromatic rings. The van der Waals surface area contributed by atoms with Gasteiger partial charge in [-0.15, -0.1) is 0 Å². The van der Waals surface area contributed by atoms with E-state index in [1.165, 1.54) is 6.92 Å². The van der Waals surface area contributed by atoms with Gasteiger partial charge in [-0.05, 0) is 38.1 Å². The number of nitrogens with two attached hydrogens (primary N) is 2. The molecule has 0 fully saturated rings. The van der Waals surface area contributed by atoms with Crippen molar-refractivity contribution in [2.45, 2.75) is 31.6 Å². The fraction of sp³-hybridized carbons (Fsp3) is 0.312. The number of nitrogen functional groups attached to an aromatic ring is 2. The van der Waals surface area contributed by atoms with Gasteiger partial charge < -0.3 is 27.4 Å². The molecule has 2 rings (SSSR count). The first-order valence-corrected chi connectivity index (χ1v) is 8.44. The summed E-state index contributed by atoms with van der Waals surface area (Å²) < 4.78 is -0.740. The van der Waals surface area contributed by atoms with Crippen LogP contribution in [0, 0.1) is 0 Å². The van der Waals surface area contributed by atoms with Crippen molar-refractivity contribution < 1.29 is 9.59 Å². The smallest absolute Gasteiger partial charge is 0.248 e. The van der Waals surface area contributed by atoms with E-state index >= 15 is 0 Å². The number of anilines is 5. The molecule has 1 unspecified atom stereocenters. The second-order valence-corrected chi connectivity index (χ2v) is 7.51. The number of hydrogen-bond acceptors (Lipinski definition) is 9. The zero-order chi connectivity index (χ0) is 20.2. The molecule has 1 aromatic heterocycles. The fourth-order valence-corrected chi connectivity index (χ4v) is 2.39. The van der Waals surface area contributed by atoms with Gasteiger partial charge in [0.2, 0.25) is 29.7 Å². The molecule has 1 heterocycles. The quantitative estimate of drug-likeness (QED) is 0.397. The molecule has 0 saturated carbocycles. The Labute approximate surface area is 162 Å². The predicted octanol–water partition coefficient (Wildman–Crippen LogP) is 0.931. The minimum Gasteiger partial charge on any atom is -0.368 e. The first-order chi connectivity index (χ1) is 12.5. The number of thiol groups is 1. The number of nitrogens with one attached hydrogen (secondary N) is 3. The Balaban J connectivity index is 2.08. The van der Waals surface area contributed by atoms with Crippen LogP contribution in [0.4, 0.5) is 29.2 Å². The first kappa shape index (κ1) is 20.2. The van der Waals surface area contributed by atoms with Crippen molar-refractivity contribution in [3.63, 3.8) is 0 Å². The summed E-state index contributed by atoms with van der Waals surface area (Å²) in [5.41, 5.74) is 12.3. The Kier molecular flexibility index (Phi) is 6.05. The van der Waals surface area contributed by atoms with E-state index in [9.17, 15) is 9.59 Å². The van der Waals surface area contributed by atoms with E-state index in [1.807, 2.05) is 0 Å². The van der Waals surface area contributed by atoms with Crippen LogP contribution >= 0.6 is 12.6 Å². The van der Waals surface area contributed by atoms with Gasteiger partial charge in [-0.1, -0.05) is 0 Å². The van der Waals surface area contributed by atoms with Gasteiger partial charge in [-0.25, -0.2) is 0 Å². The maximum atomic E-state index is 12.5. The number of hydrogen-bond donors (Lipinski definition) is 6. The van der Waals surface area contributed by atoms with E-state index in [-0.39, 0.29) is 29.7 Å². The minimum atomic E-state index is -0.799. The lowest BCUT2D eigenvalue weighted by atomic mass is 10.0. The number of benzene rings is 1. The zero-order valence-corrected chi connectivity index (χ0v) is 16.0. The van der Waals surface area contributed by atoms with E-state index in [0.717, 1.165) is 0 Å². The van der Waals surface area contributed by atoms with Crippen molar-refractivity contribution in [2.75, 3.05) is 22.1 Å². The van der Waals surface area contributed by atoms with Gasteiger partial charge in [0.25, 0.3) is 0 Å². The second-order valence-electron chi connectivity index (χ2n) is 6.35. The van der Waals surface area contributed by atoms with Crippen molar-refractivity contribution in [1.82, 2.24) is 20.3 Å². The van der Waals surface area contributed by atoms with Crippen LogP contribution in [0.25, 0.3) is 0 Å². The minimum absolute atomic E-state index is 0.00673. The molecule has 2 amide bonds. The Morgan fingerprint density at radius 1 is 1.04 bits per heavy atom. The number of aromatic nitrogens is 3. The van der Waals surface area contributed by atoms with Crippen molar-refractivity contribution in [3.8, 4) is 0 Å². The van der Waals surface area contributed by atoms with E-state index in [1.54, 1.807) is 38.1 Å². The molecular formula is C16H22N8O2S. The molecule has 0 aliphatic rings. The standard InChI is InChI=1S/C16H22N8O2S/c1-8(25)19-11(16(2,3)27)12(26)20-9-4-6-10(7-5-9)21-15-23-13(17)22-14(18)24-15/h4-7,11,27H,1-3H3,(H,19,25)(H,20,26)(H5,17,18,21,22,23,24). The summed E-state index contributed by atoms with van der Waals surface area (Å²) in [6, 6.07) is 6.00. The predicted molar refractivity (Wildman–Crippen MR) is 108 cm³/mol. The highest BCUT2D eigenvalue weighted by Crippen LogP contribution is 2.21. The van der Waals surface area contributed by atoms with Crippen molar-refractivity contribution in [2.24, 2.45) is 0 Å². The summed E-state index contributed by atoms with van der Waals surface area (Å²) in [5.74, 6) is -0.462. The van der Waals surface area contributed by atoms with Crippen LogP contribution in [-0.2, 0) is 9.59 Å². The molecule has 0 radical (unpaired) electrons. The highest BCUT2D eigenvalue weighted by molar-refractivity contribution is 7.81.